The molecule has 0 spiro atoms. The van der Waals surface area contributed by atoms with Gasteiger partial charge in [-0.3, -0.25) is 4.79 Å². The first-order chi connectivity index (χ1) is 25.9. The number of benzene rings is 2. The Kier molecular flexibility index (Phi) is 14.2. The van der Waals surface area contributed by atoms with Crippen molar-refractivity contribution in [2.24, 2.45) is 0 Å². The first-order valence-electron chi connectivity index (χ1n) is 17.4. The number of hydrogen-bond acceptors (Lipinski definition) is 12. The van der Waals surface area contributed by atoms with Crippen LogP contribution < -0.4 is 14.9 Å². The van der Waals surface area contributed by atoms with Gasteiger partial charge in [-0.1, -0.05) is 39.3 Å². The van der Waals surface area contributed by atoms with Gasteiger partial charge in [0.25, 0.3) is 0 Å². The summed E-state index contributed by atoms with van der Waals surface area (Å²) in [6.45, 7) is 12.9. The van der Waals surface area contributed by atoms with Gasteiger partial charge < -0.3 is 33.4 Å². The summed E-state index contributed by atoms with van der Waals surface area (Å²) in [5.41, 5.74) is 6.88. The van der Waals surface area contributed by atoms with Crippen molar-refractivity contribution in [3.8, 4) is 32.9 Å². The minimum Gasteiger partial charge on any atom is -0.488 e. The number of rotatable bonds is 14. The number of nitrogens with zero attached hydrogens (tertiary/aromatic N) is 3. The zero-order valence-corrected chi connectivity index (χ0v) is 34.6. The Labute approximate surface area is 328 Å². The van der Waals surface area contributed by atoms with Gasteiger partial charge in [-0.2, -0.15) is 0 Å². The molecule has 14 heteroatoms. The van der Waals surface area contributed by atoms with Crippen LogP contribution in [0.2, 0.25) is 5.02 Å². The number of pyridine rings is 2. The predicted molar refractivity (Wildman–Crippen MR) is 218 cm³/mol. The number of aromatic nitrogens is 4. The molecule has 6 aromatic rings. The smallest absolute Gasteiger partial charge is 0.191 e. The Hall–Kier alpha value is -3.95. The molecule has 4 heterocycles. The number of aromatic amines is 1. The molecule has 54 heavy (non-hydrogen) atoms. The lowest BCUT2D eigenvalue weighted by Gasteiger charge is -2.16. The minimum atomic E-state index is -0.449. The molecule has 1 N–H and O–H groups in total. The number of methoxy groups -OCH3 is 4. The van der Waals surface area contributed by atoms with Gasteiger partial charge in [-0.15, -0.1) is 22.7 Å². The first-order valence-corrected chi connectivity index (χ1v) is 19.6. The number of nitrogens with one attached hydrogen (secondary N) is 1. The Balaban J connectivity index is 0.000000208. The molecule has 0 saturated carbocycles. The fourth-order valence-corrected chi connectivity index (χ4v) is 7.62. The van der Waals surface area contributed by atoms with E-state index < -0.39 is 12.6 Å². The minimum absolute atomic E-state index is 0.0404. The highest BCUT2D eigenvalue weighted by molar-refractivity contribution is 7.13. The van der Waals surface area contributed by atoms with Crippen LogP contribution in [0.3, 0.4) is 0 Å². The van der Waals surface area contributed by atoms with Crippen LogP contribution in [-0.4, -0.2) is 74.2 Å². The second-order valence-corrected chi connectivity index (χ2v) is 15.2. The highest BCUT2D eigenvalue weighted by Gasteiger charge is 2.17. The molecule has 0 bridgehead atoms. The Morgan fingerprint density at radius 2 is 1.22 bits per heavy atom. The highest BCUT2D eigenvalue weighted by Crippen LogP contribution is 2.35. The first kappa shape index (κ1) is 41.2. The molecule has 11 nitrogen and oxygen atoms in total. The fourth-order valence-electron chi connectivity index (χ4n) is 5.47. The maximum Gasteiger partial charge on any atom is 0.191 e. The van der Waals surface area contributed by atoms with E-state index in [1.807, 2.05) is 37.4 Å². The van der Waals surface area contributed by atoms with E-state index in [1.54, 1.807) is 58.0 Å². The molecule has 0 saturated heterocycles. The van der Waals surface area contributed by atoms with E-state index in [1.165, 1.54) is 11.3 Å². The summed E-state index contributed by atoms with van der Waals surface area (Å²) < 4.78 is 32.3. The molecular formula is C40H47ClN4O7S2. The number of ether oxygens (including phenoxy) is 6. The van der Waals surface area contributed by atoms with Crippen molar-refractivity contribution in [3.05, 3.63) is 84.9 Å². The van der Waals surface area contributed by atoms with Crippen LogP contribution in [0, 0.1) is 13.8 Å². The highest BCUT2D eigenvalue weighted by atomic mass is 35.5. The summed E-state index contributed by atoms with van der Waals surface area (Å²) in [5.74, 6) is 2.13. The summed E-state index contributed by atoms with van der Waals surface area (Å²) in [5, 5.41) is 7.94. The lowest BCUT2D eigenvalue weighted by atomic mass is 10.1. The summed E-state index contributed by atoms with van der Waals surface area (Å²) in [6.07, 6.45) is -0.872. The van der Waals surface area contributed by atoms with Crippen molar-refractivity contribution < 1.29 is 28.4 Å². The van der Waals surface area contributed by atoms with Crippen LogP contribution in [0.1, 0.15) is 62.0 Å². The van der Waals surface area contributed by atoms with Crippen LogP contribution in [0.5, 0.6) is 11.5 Å². The number of thiazole rings is 2. The van der Waals surface area contributed by atoms with Gasteiger partial charge in [0.05, 0.1) is 33.1 Å². The lowest BCUT2D eigenvalue weighted by Crippen LogP contribution is -2.22. The summed E-state index contributed by atoms with van der Waals surface area (Å²) in [6, 6.07) is 10.9. The van der Waals surface area contributed by atoms with Gasteiger partial charge in [0.1, 0.15) is 40.4 Å². The van der Waals surface area contributed by atoms with Crippen LogP contribution in [0.15, 0.2) is 52.0 Å². The van der Waals surface area contributed by atoms with Crippen LogP contribution >= 0.6 is 34.3 Å². The molecule has 288 valence electrons. The van der Waals surface area contributed by atoms with Crippen molar-refractivity contribution in [3.63, 3.8) is 0 Å². The maximum absolute atomic E-state index is 12.6. The maximum atomic E-state index is 12.6. The number of fused-ring (bicyclic) bond motifs is 2. The third kappa shape index (κ3) is 9.46. The van der Waals surface area contributed by atoms with Crippen LogP contribution in [-0.2, 0) is 18.9 Å². The Morgan fingerprint density at radius 3 is 1.76 bits per heavy atom. The molecule has 0 unspecified atom stereocenters. The van der Waals surface area contributed by atoms with Crippen molar-refractivity contribution in [2.45, 2.75) is 66.0 Å². The van der Waals surface area contributed by atoms with E-state index in [0.717, 1.165) is 66.1 Å². The normalized spacial score (nSPS) is 11.7. The molecular weight excluding hydrogens is 748 g/mol. The van der Waals surface area contributed by atoms with E-state index >= 15 is 0 Å². The SMILES string of the molecule is COC(COc1ccc2c(=O)cc(-c3nc(C(C)C)cs3)[nH]c2c1C)OC.COC(COc1ccc2c(Cl)cc(-c3nc(C(C)C)cs3)nc2c1C)OC. The van der Waals surface area contributed by atoms with Gasteiger partial charge in [0, 0.05) is 67.2 Å². The average Bonchev–Trinajstić information content (AvgIpc) is 3.87. The van der Waals surface area contributed by atoms with E-state index in [0.29, 0.717) is 28.0 Å². The molecule has 4 aromatic heterocycles. The molecule has 2 aromatic carbocycles. The van der Waals surface area contributed by atoms with Crippen LogP contribution in [0.25, 0.3) is 43.2 Å². The summed E-state index contributed by atoms with van der Waals surface area (Å²) in [7, 11) is 6.29. The van der Waals surface area contributed by atoms with Gasteiger partial charge in [-0.25, -0.2) is 15.0 Å². The predicted octanol–water partition coefficient (Wildman–Crippen LogP) is 9.52. The largest absolute Gasteiger partial charge is 0.488 e. The van der Waals surface area contributed by atoms with Crippen molar-refractivity contribution in [1.29, 1.82) is 0 Å². The van der Waals surface area contributed by atoms with E-state index in [9.17, 15) is 4.79 Å². The summed E-state index contributed by atoms with van der Waals surface area (Å²) in [4.78, 5) is 30.1. The second kappa shape index (κ2) is 18.6. The number of halogens is 1. The summed E-state index contributed by atoms with van der Waals surface area (Å²) >= 11 is 9.65. The molecule has 0 aliphatic heterocycles. The molecule has 0 amide bonds. The number of aryl methyl sites for hydroxylation is 2. The van der Waals surface area contributed by atoms with Crippen LogP contribution in [0.4, 0.5) is 0 Å². The standard InChI is InChI=1S/C20H23ClN2O3S.C20H24N2O4S/c1-11(2)16-10-27-20(23-16)15-8-14(21)13-6-7-17(12(3)19(13)22-15)26-9-18(24-4)25-5;1-11(2)15-10-27-20(22-15)14-8-16(23)13-6-7-17(12(3)19(13)21-14)26-9-18(24-4)25-5/h6-8,10-11,18H,9H2,1-5H3;6-8,10-11,18H,9H2,1-5H3,(H,21,23). The van der Waals surface area contributed by atoms with Gasteiger partial charge in [0.2, 0.25) is 0 Å². The molecule has 6 rings (SSSR count). The number of H-pyrrole nitrogens is 1. The molecule has 0 aliphatic carbocycles. The monoisotopic (exact) mass is 794 g/mol. The fraction of sp³-hybridized carbons (Fsp3) is 0.400. The van der Waals surface area contributed by atoms with Gasteiger partial charge >= 0.3 is 0 Å². The van der Waals surface area contributed by atoms with Gasteiger partial charge in [-0.05, 0) is 56.0 Å². The topological polar surface area (TPSA) is 127 Å². The van der Waals surface area contributed by atoms with E-state index in [-0.39, 0.29) is 18.6 Å². The molecule has 0 radical (unpaired) electrons. The quantitative estimate of drug-likeness (QED) is 0.107. The zero-order chi connectivity index (χ0) is 39.1. The Bertz CT molecular complexity index is 2240. The third-order valence-corrected chi connectivity index (χ3v) is 10.9. The van der Waals surface area contributed by atoms with Crippen molar-refractivity contribution in [2.75, 3.05) is 41.7 Å². The average molecular weight is 795 g/mol. The molecule has 0 atom stereocenters. The lowest BCUT2D eigenvalue weighted by molar-refractivity contribution is -0.122. The van der Waals surface area contributed by atoms with Gasteiger partial charge in [0.15, 0.2) is 18.0 Å². The van der Waals surface area contributed by atoms with E-state index in [2.05, 4.69) is 43.0 Å². The second-order valence-electron chi connectivity index (χ2n) is 13.1. The third-order valence-electron chi connectivity index (χ3n) is 8.83. The molecule has 0 fully saturated rings. The van der Waals surface area contributed by atoms with Crippen molar-refractivity contribution >= 4 is 56.1 Å². The number of hydrogen-bond donors (Lipinski definition) is 1. The zero-order valence-electron chi connectivity index (χ0n) is 32.2. The Morgan fingerprint density at radius 1 is 0.704 bits per heavy atom. The molecule has 0 aliphatic rings. The van der Waals surface area contributed by atoms with Crippen molar-refractivity contribution in [1.82, 2.24) is 19.9 Å². The van der Waals surface area contributed by atoms with E-state index in [4.69, 9.17) is 50.0 Å².